The summed E-state index contributed by atoms with van der Waals surface area (Å²) in [5, 5.41) is 2.38. The van der Waals surface area contributed by atoms with Gasteiger partial charge in [-0.15, -0.1) is 0 Å². The van der Waals surface area contributed by atoms with Crippen LogP contribution >= 0.6 is 0 Å². The van der Waals surface area contributed by atoms with Crippen LogP contribution in [0, 0.1) is 0 Å². The van der Waals surface area contributed by atoms with Crippen molar-refractivity contribution >= 4 is 30.0 Å². The number of furan rings is 1. The Morgan fingerprint density at radius 2 is 1.84 bits per heavy atom. The average Bonchev–Trinajstić information content (AvgIpc) is 3.37. The molecule has 0 unspecified atom stereocenters. The standard InChI is InChI=1S/C20H14F3N3O4.CH4/c21-20(22,23)18-14(19(29)25-6-3-8-26-9-7-24-10-26)13-15(27)11-4-1-2-5-12(11)16(28)17(13)30-18;/h1-2,4-5,9-10H,3,6-8H2;1H4/p+1. The number of hydrogen-bond donors (Lipinski definition) is 1. The van der Waals surface area contributed by atoms with Crippen molar-refractivity contribution in [2.24, 2.45) is 4.99 Å². The maximum Gasteiger partial charge on any atom is 0.450 e. The van der Waals surface area contributed by atoms with Crippen LogP contribution in [-0.2, 0) is 6.18 Å². The van der Waals surface area contributed by atoms with Gasteiger partial charge in [0.05, 0.1) is 12.1 Å². The lowest BCUT2D eigenvalue weighted by atomic mass is 9.86. The zero-order valence-corrected chi connectivity index (χ0v) is 15.5. The first-order valence-corrected chi connectivity index (χ1v) is 9.08. The number of carbonyl (C=O) groups excluding carboxylic acids is 3. The van der Waals surface area contributed by atoms with E-state index in [1.54, 1.807) is 10.9 Å². The largest absolute Gasteiger partial charge is 0.450 e. The third kappa shape index (κ3) is 3.92. The molecular formula is C21H19F3N3O4+. The molecule has 1 aliphatic carbocycles. The van der Waals surface area contributed by atoms with Crippen molar-refractivity contribution in [1.29, 1.82) is 0 Å². The molecule has 1 aromatic heterocycles. The first-order chi connectivity index (χ1) is 14.3. The summed E-state index contributed by atoms with van der Waals surface area (Å²) in [5.41, 5.74) is -1.74. The number of carbonyl (C=O) groups is 3. The number of nitrogens with zero attached hydrogens (tertiary/aromatic N) is 2. The van der Waals surface area contributed by atoms with E-state index in [1.807, 2.05) is 6.21 Å². The number of benzene rings is 1. The fourth-order valence-electron chi connectivity index (χ4n) is 3.41. The van der Waals surface area contributed by atoms with E-state index in [2.05, 4.69) is 10.3 Å². The molecule has 7 nitrogen and oxygen atoms in total. The third-order valence-corrected chi connectivity index (χ3v) is 4.77. The molecule has 2 heterocycles. The molecule has 1 aliphatic heterocycles. The van der Waals surface area contributed by atoms with Crippen molar-refractivity contribution in [3.05, 3.63) is 58.0 Å². The Bertz CT molecular complexity index is 1130. The highest BCUT2D eigenvalue weighted by Crippen LogP contribution is 2.40. The van der Waals surface area contributed by atoms with Crippen LogP contribution in [0.1, 0.15) is 62.0 Å². The molecule has 0 spiro atoms. The lowest BCUT2D eigenvalue weighted by molar-refractivity contribution is -0.390. The Morgan fingerprint density at radius 1 is 1.16 bits per heavy atom. The van der Waals surface area contributed by atoms with Gasteiger partial charge in [0.1, 0.15) is 11.8 Å². The van der Waals surface area contributed by atoms with Crippen LogP contribution in [-0.4, -0.2) is 54.2 Å². The fourth-order valence-corrected chi connectivity index (χ4v) is 3.41. The highest BCUT2D eigenvalue weighted by molar-refractivity contribution is 6.30. The second-order valence-electron chi connectivity index (χ2n) is 6.72. The summed E-state index contributed by atoms with van der Waals surface area (Å²) < 4.78 is 47.2. The Kier molecular flexibility index (Phi) is 5.92. The van der Waals surface area contributed by atoms with Gasteiger partial charge in [0.25, 0.3) is 12.2 Å². The molecule has 2 aliphatic rings. The minimum Gasteiger partial charge on any atom is -0.446 e. The molecule has 31 heavy (non-hydrogen) atoms. The predicted molar refractivity (Wildman–Crippen MR) is 105 cm³/mol. The molecule has 0 fully saturated rings. The van der Waals surface area contributed by atoms with Gasteiger partial charge in [0.15, 0.2) is 18.1 Å². The zero-order chi connectivity index (χ0) is 21.5. The number of hydrogen-bond acceptors (Lipinski definition) is 5. The first-order valence-electron chi connectivity index (χ1n) is 9.08. The molecule has 4 rings (SSSR count). The second kappa shape index (κ2) is 8.29. The Labute approximate surface area is 175 Å². The van der Waals surface area contributed by atoms with Gasteiger partial charge in [-0.05, 0) is 0 Å². The van der Waals surface area contributed by atoms with E-state index >= 15 is 0 Å². The monoisotopic (exact) mass is 434 g/mol. The van der Waals surface area contributed by atoms with Crippen LogP contribution < -0.4 is 5.32 Å². The summed E-state index contributed by atoms with van der Waals surface area (Å²) in [7, 11) is 0. The third-order valence-electron chi connectivity index (χ3n) is 4.77. The number of amides is 1. The lowest BCUT2D eigenvalue weighted by Gasteiger charge is -2.13. The number of aliphatic imine (C=N–C) groups is 1. The minimum atomic E-state index is -5.06. The number of alkyl halides is 3. The first kappa shape index (κ1) is 22.1. The van der Waals surface area contributed by atoms with Gasteiger partial charge in [0, 0.05) is 24.1 Å². The maximum absolute atomic E-state index is 13.5. The number of halogens is 3. The van der Waals surface area contributed by atoms with Crippen LogP contribution in [0.25, 0.3) is 0 Å². The highest BCUT2D eigenvalue weighted by atomic mass is 19.4. The van der Waals surface area contributed by atoms with E-state index in [0.29, 0.717) is 19.5 Å². The van der Waals surface area contributed by atoms with Crippen LogP contribution in [0.15, 0.2) is 33.7 Å². The molecule has 0 saturated heterocycles. The molecule has 0 bridgehead atoms. The molecule has 1 amide bonds. The van der Waals surface area contributed by atoms with E-state index in [4.69, 9.17) is 4.42 Å². The van der Waals surface area contributed by atoms with Crippen molar-refractivity contribution in [1.82, 2.24) is 5.32 Å². The van der Waals surface area contributed by atoms with Crippen molar-refractivity contribution in [2.45, 2.75) is 20.0 Å². The van der Waals surface area contributed by atoms with Crippen molar-refractivity contribution in [3.8, 4) is 0 Å². The van der Waals surface area contributed by atoms with Gasteiger partial charge in [-0.3, -0.25) is 14.4 Å². The molecule has 1 aromatic carbocycles. The van der Waals surface area contributed by atoms with Gasteiger partial charge >= 0.3 is 6.18 Å². The van der Waals surface area contributed by atoms with Gasteiger partial charge in [-0.1, -0.05) is 36.7 Å². The van der Waals surface area contributed by atoms with Crippen LogP contribution in [0.4, 0.5) is 13.2 Å². The van der Waals surface area contributed by atoms with E-state index in [-0.39, 0.29) is 25.1 Å². The Balaban J connectivity index is 0.00000272. The van der Waals surface area contributed by atoms with Gasteiger partial charge in [-0.2, -0.15) is 13.2 Å². The normalized spacial score (nSPS) is 14.6. The number of ketones is 2. The number of rotatable bonds is 5. The van der Waals surface area contributed by atoms with Gasteiger partial charge < -0.3 is 9.73 Å². The van der Waals surface area contributed by atoms with E-state index in [1.165, 1.54) is 24.3 Å². The van der Waals surface area contributed by atoms with Crippen LogP contribution in [0.3, 0.4) is 0 Å². The smallest absolute Gasteiger partial charge is 0.446 e. The van der Waals surface area contributed by atoms with Crippen molar-refractivity contribution in [3.63, 3.8) is 0 Å². The molecule has 2 aromatic rings. The maximum atomic E-state index is 13.5. The summed E-state index contributed by atoms with van der Waals surface area (Å²) in [6.07, 6.45) is -1.17. The van der Waals surface area contributed by atoms with Crippen LogP contribution in [0.5, 0.6) is 0 Å². The summed E-state index contributed by atoms with van der Waals surface area (Å²) in [6.45, 7) is 1.14. The van der Waals surface area contributed by atoms with E-state index < -0.39 is 46.3 Å². The molecule has 0 radical (unpaired) electrons. The van der Waals surface area contributed by atoms with Crippen molar-refractivity contribution < 1.29 is 36.5 Å². The quantitative estimate of drug-likeness (QED) is 0.494. The average molecular weight is 434 g/mol. The molecule has 10 heteroatoms. The van der Waals surface area contributed by atoms with Crippen molar-refractivity contribution in [2.75, 3.05) is 19.6 Å². The zero-order valence-electron chi connectivity index (χ0n) is 15.5. The number of fused-ring (bicyclic) bond motifs is 2. The summed E-state index contributed by atoms with van der Waals surface area (Å²) in [4.78, 5) is 42.1. The summed E-state index contributed by atoms with van der Waals surface area (Å²) in [5.74, 6) is -5.26. The molecule has 0 atom stereocenters. The second-order valence-corrected chi connectivity index (χ2v) is 6.72. The molecular weight excluding hydrogens is 415 g/mol. The topological polar surface area (TPSA) is 91.8 Å². The Hall–Kier alpha value is -3.56. The molecule has 0 saturated carbocycles. The molecule has 162 valence electrons. The number of nitrogens with one attached hydrogen (secondary N) is 1. The van der Waals surface area contributed by atoms with E-state index in [9.17, 15) is 27.6 Å². The van der Waals surface area contributed by atoms with Crippen LogP contribution in [0.2, 0.25) is 0 Å². The summed E-state index contributed by atoms with van der Waals surface area (Å²) in [6, 6.07) is 5.62. The van der Waals surface area contributed by atoms with Gasteiger partial charge in [-0.25, -0.2) is 4.58 Å². The SMILES string of the molecule is C.O=C1c2ccccc2C(=O)c2c1oc(C(F)(F)F)c2C(=O)NCCC[N+]1=CCN=C1. The highest BCUT2D eigenvalue weighted by Gasteiger charge is 2.47. The van der Waals surface area contributed by atoms with Gasteiger partial charge in [0.2, 0.25) is 11.5 Å². The van der Waals surface area contributed by atoms with E-state index in [0.717, 1.165) is 0 Å². The fraction of sp³-hybridized carbons (Fsp3) is 0.286. The molecule has 1 N–H and O–H groups in total. The predicted octanol–water partition coefficient (Wildman–Crippen LogP) is 2.96. The lowest BCUT2D eigenvalue weighted by Crippen LogP contribution is -2.30. The summed E-state index contributed by atoms with van der Waals surface area (Å²) >= 11 is 0. The Morgan fingerprint density at radius 3 is 2.45 bits per heavy atom. The minimum absolute atomic E-state index is 0.